The van der Waals surface area contributed by atoms with Gasteiger partial charge in [0.2, 0.25) is 0 Å². The average molecular weight is 314 g/mol. The molecule has 0 radical (unpaired) electrons. The van der Waals surface area contributed by atoms with Crippen molar-refractivity contribution >= 4 is 23.3 Å². The maximum atomic E-state index is 11.6. The van der Waals surface area contributed by atoms with Gasteiger partial charge in [0.15, 0.2) is 11.4 Å². The molecule has 2 aromatic rings. The molecule has 0 amide bonds. The zero-order valence-corrected chi connectivity index (χ0v) is 12.5. The van der Waals surface area contributed by atoms with Crippen LogP contribution in [-0.4, -0.2) is 24.2 Å². The van der Waals surface area contributed by atoms with E-state index in [-0.39, 0.29) is 22.7 Å². The van der Waals surface area contributed by atoms with E-state index in [0.717, 1.165) is 6.07 Å². The van der Waals surface area contributed by atoms with Crippen LogP contribution in [-0.2, 0) is 9.53 Å². The fourth-order valence-corrected chi connectivity index (χ4v) is 1.76. The molecule has 0 heterocycles. The molecule has 2 aromatic carbocycles. The summed E-state index contributed by atoms with van der Waals surface area (Å²) >= 11 is 0. The highest BCUT2D eigenvalue weighted by atomic mass is 16.5. The molecule has 0 unspecified atom stereocenters. The van der Waals surface area contributed by atoms with Crippen LogP contribution in [0.4, 0.5) is 11.4 Å². The summed E-state index contributed by atoms with van der Waals surface area (Å²) in [5.74, 6) is -1.75. The number of ether oxygens (including phenoxy) is 2. The number of carbonyl (C=O) groups is 2. The number of aromatic hydroxyl groups is 1. The van der Waals surface area contributed by atoms with Crippen molar-refractivity contribution in [3.63, 3.8) is 0 Å². The van der Waals surface area contributed by atoms with E-state index >= 15 is 0 Å². The standard InChI is InChI=1S/C16H14N2O5/c1-10(19)23-14-9-11(16(21)22-2)8-13(20)15(14)18-17-12-6-4-3-5-7-12/h3-9,20H,1-2H3/b18-17+. The number of phenolic OH excluding ortho intramolecular Hbond substituents is 1. The number of hydrogen-bond donors (Lipinski definition) is 1. The third kappa shape index (κ3) is 4.13. The molecule has 0 fully saturated rings. The monoisotopic (exact) mass is 314 g/mol. The highest BCUT2D eigenvalue weighted by Gasteiger charge is 2.17. The van der Waals surface area contributed by atoms with Gasteiger partial charge in [-0.25, -0.2) is 4.79 Å². The molecule has 0 aliphatic rings. The van der Waals surface area contributed by atoms with Gasteiger partial charge < -0.3 is 14.6 Å². The lowest BCUT2D eigenvalue weighted by atomic mass is 10.1. The molecule has 7 nitrogen and oxygen atoms in total. The minimum absolute atomic E-state index is 0.0277. The predicted octanol–water partition coefficient (Wildman–Crippen LogP) is 3.52. The molecule has 0 saturated carbocycles. The van der Waals surface area contributed by atoms with Gasteiger partial charge in [0, 0.05) is 6.92 Å². The molecular formula is C16H14N2O5. The number of azo groups is 1. The van der Waals surface area contributed by atoms with Crippen molar-refractivity contribution in [2.75, 3.05) is 7.11 Å². The van der Waals surface area contributed by atoms with E-state index in [1.165, 1.54) is 20.1 Å². The first-order valence-corrected chi connectivity index (χ1v) is 6.62. The molecule has 0 aliphatic carbocycles. The van der Waals surface area contributed by atoms with Crippen molar-refractivity contribution in [3.8, 4) is 11.5 Å². The summed E-state index contributed by atoms with van der Waals surface area (Å²) in [5, 5.41) is 17.9. The third-order valence-electron chi connectivity index (χ3n) is 2.75. The van der Waals surface area contributed by atoms with E-state index < -0.39 is 11.9 Å². The van der Waals surface area contributed by atoms with E-state index in [1.54, 1.807) is 24.3 Å². The van der Waals surface area contributed by atoms with Gasteiger partial charge in [0.05, 0.1) is 18.4 Å². The van der Waals surface area contributed by atoms with Crippen LogP contribution in [0.15, 0.2) is 52.7 Å². The van der Waals surface area contributed by atoms with Crippen molar-refractivity contribution in [1.82, 2.24) is 0 Å². The van der Waals surface area contributed by atoms with Crippen molar-refractivity contribution in [2.24, 2.45) is 10.2 Å². The normalized spacial score (nSPS) is 10.5. The number of phenols is 1. The Bertz CT molecular complexity index is 757. The van der Waals surface area contributed by atoms with E-state index in [4.69, 9.17) is 4.74 Å². The van der Waals surface area contributed by atoms with E-state index in [0.29, 0.717) is 5.69 Å². The highest BCUT2D eigenvalue weighted by molar-refractivity contribution is 5.92. The Morgan fingerprint density at radius 1 is 1.09 bits per heavy atom. The van der Waals surface area contributed by atoms with Crippen LogP contribution in [0.2, 0.25) is 0 Å². The Morgan fingerprint density at radius 3 is 2.39 bits per heavy atom. The van der Waals surface area contributed by atoms with Gasteiger partial charge in [-0.15, -0.1) is 5.11 Å². The minimum Gasteiger partial charge on any atom is -0.505 e. The number of rotatable bonds is 4. The van der Waals surface area contributed by atoms with Crippen molar-refractivity contribution in [1.29, 1.82) is 0 Å². The van der Waals surface area contributed by atoms with Crippen LogP contribution < -0.4 is 4.74 Å². The smallest absolute Gasteiger partial charge is 0.338 e. The lowest BCUT2D eigenvalue weighted by Gasteiger charge is -2.08. The van der Waals surface area contributed by atoms with Crippen molar-refractivity contribution in [2.45, 2.75) is 6.92 Å². The molecule has 0 spiro atoms. The maximum absolute atomic E-state index is 11.6. The van der Waals surface area contributed by atoms with E-state index in [2.05, 4.69) is 15.0 Å². The van der Waals surface area contributed by atoms with Crippen molar-refractivity contribution in [3.05, 3.63) is 48.0 Å². The van der Waals surface area contributed by atoms with Gasteiger partial charge >= 0.3 is 11.9 Å². The number of nitrogens with zero attached hydrogens (tertiary/aromatic N) is 2. The Balaban J connectivity index is 2.46. The first-order valence-electron chi connectivity index (χ1n) is 6.62. The van der Waals surface area contributed by atoms with Gasteiger partial charge in [0.1, 0.15) is 5.75 Å². The molecule has 0 aromatic heterocycles. The zero-order valence-electron chi connectivity index (χ0n) is 12.5. The summed E-state index contributed by atoms with van der Waals surface area (Å²) in [6.07, 6.45) is 0. The SMILES string of the molecule is COC(=O)c1cc(O)c(/N=N/c2ccccc2)c(OC(C)=O)c1. The van der Waals surface area contributed by atoms with Gasteiger partial charge in [-0.05, 0) is 24.3 Å². The van der Waals surface area contributed by atoms with Crippen LogP contribution in [0.5, 0.6) is 11.5 Å². The van der Waals surface area contributed by atoms with Gasteiger partial charge in [-0.3, -0.25) is 4.79 Å². The van der Waals surface area contributed by atoms with Crippen LogP contribution in [0, 0.1) is 0 Å². The average Bonchev–Trinajstić information content (AvgIpc) is 2.53. The molecule has 0 bridgehead atoms. The molecule has 0 atom stereocenters. The quantitative estimate of drug-likeness (QED) is 0.529. The first-order chi connectivity index (χ1) is 11.0. The fourth-order valence-electron chi connectivity index (χ4n) is 1.76. The Morgan fingerprint density at radius 2 is 1.78 bits per heavy atom. The summed E-state index contributed by atoms with van der Waals surface area (Å²) in [7, 11) is 1.20. The number of esters is 2. The van der Waals surface area contributed by atoms with Crippen LogP contribution in [0.25, 0.3) is 0 Å². The van der Waals surface area contributed by atoms with Crippen LogP contribution in [0.1, 0.15) is 17.3 Å². The predicted molar refractivity (Wildman–Crippen MR) is 81.4 cm³/mol. The molecule has 23 heavy (non-hydrogen) atoms. The Kier molecular flexibility index (Phi) is 5.03. The number of methoxy groups -OCH3 is 1. The summed E-state index contributed by atoms with van der Waals surface area (Å²) in [4.78, 5) is 22.8. The third-order valence-corrected chi connectivity index (χ3v) is 2.75. The van der Waals surface area contributed by atoms with Gasteiger partial charge in [-0.2, -0.15) is 5.11 Å². The second kappa shape index (κ2) is 7.17. The minimum atomic E-state index is -0.680. The second-order valence-corrected chi connectivity index (χ2v) is 4.46. The molecule has 7 heteroatoms. The molecular weight excluding hydrogens is 300 g/mol. The van der Waals surface area contributed by atoms with Gasteiger partial charge in [0.25, 0.3) is 0 Å². The summed E-state index contributed by atoms with van der Waals surface area (Å²) in [5.41, 5.74) is 0.523. The van der Waals surface area contributed by atoms with Crippen LogP contribution >= 0.6 is 0 Å². The number of benzene rings is 2. The first kappa shape index (κ1) is 16.2. The lowest BCUT2D eigenvalue weighted by molar-refractivity contribution is -0.131. The zero-order chi connectivity index (χ0) is 16.8. The summed E-state index contributed by atoms with van der Waals surface area (Å²) in [6.45, 7) is 1.19. The van der Waals surface area contributed by atoms with E-state index in [9.17, 15) is 14.7 Å². The Labute approximate surface area is 132 Å². The molecule has 2 rings (SSSR count). The molecule has 0 aliphatic heterocycles. The summed E-state index contributed by atoms with van der Waals surface area (Å²) < 4.78 is 9.57. The van der Waals surface area contributed by atoms with Gasteiger partial charge in [-0.1, -0.05) is 18.2 Å². The molecule has 0 saturated heterocycles. The fraction of sp³-hybridized carbons (Fsp3) is 0.125. The number of hydrogen-bond acceptors (Lipinski definition) is 7. The Hall–Kier alpha value is -3.22. The number of carbonyl (C=O) groups excluding carboxylic acids is 2. The highest BCUT2D eigenvalue weighted by Crippen LogP contribution is 2.39. The van der Waals surface area contributed by atoms with Crippen molar-refractivity contribution < 1.29 is 24.2 Å². The second-order valence-electron chi connectivity index (χ2n) is 4.46. The maximum Gasteiger partial charge on any atom is 0.338 e. The largest absolute Gasteiger partial charge is 0.505 e. The topological polar surface area (TPSA) is 97.6 Å². The molecule has 118 valence electrons. The van der Waals surface area contributed by atoms with E-state index in [1.807, 2.05) is 6.07 Å². The van der Waals surface area contributed by atoms with Crippen LogP contribution in [0.3, 0.4) is 0 Å². The summed E-state index contributed by atoms with van der Waals surface area (Å²) in [6, 6.07) is 11.2. The molecule has 1 N–H and O–H groups in total. The lowest BCUT2D eigenvalue weighted by Crippen LogP contribution is -2.05.